The fraction of sp³-hybridized carbons (Fsp3) is 0.381. The van der Waals surface area contributed by atoms with E-state index in [0.29, 0.717) is 26.2 Å². The topological polar surface area (TPSA) is 41.6 Å². The van der Waals surface area contributed by atoms with Crippen molar-refractivity contribution >= 4 is 6.03 Å². The van der Waals surface area contributed by atoms with Crippen molar-refractivity contribution in [2.24, 2.45) is 0 Å². The van der Waals surface area contributed by atoms with Crippen molar-refractivity contribution in [2.45, 2.75) is 25.4 Å². The van der Waals surface area contributed by atoms with Crippen LogP contribution in [0.1, 0.15) is 30.4 Å². The summed E-state index contributed by atoms with van der Waals surface area (Å²) in [5, 5.41) is 3.07. The van der Waals surface area contributed by atoms with Crippen LogP contribution in [0.5, 0.6) is 0 Å². The third-order valence-corrected chi connectivity index (χ3v) is 4.64. The molecule has 1 aliphatic heterocycles. The Bertz CT molecular complexity index is 621. The highest BCUT2D eigenvalue weighted by Gasteiger charge is 2.21. The number of ether oxygens (including phenoxy) is 1. The highest BCUT2D eigenvalue weighted by molar-refractivity contribution is 5.74. The van der Waals surface area contributed by atoms with Gasteiger partial charge in [0.1, 0.15) is 0 Å². The molecule has 1 aliphatic rings. The Balaban J connectivity index is 1.60. The van der Waals surface area contributed by atoms with Crippen molar-refractivity contribution in [2.75, 3.05) is 26.2 Å². The van der Waals surface area contributed by atoms with Gasteiger partial charge in [0.15, 0.2) is 0 Å². The van der Waals surface area contributed by atoms with E-state index in [-0.39, 0.29) is 18.1 Å². The third-order valence-electron chi connectivity index (χ3n) is 4.64. The Morgan fingerprint density at radius 3 is 2.28 bits per heavy atom. The number of carbonyl (C=O) groups excluding carboxylic acids is 1. The summed E-state index contributed by atoms with van der Waals surface area (Å²) in [7, 11) is 0. The van der Waals surface area contributed by atoms with Crippen LogP contribution in [0.25, 0.3) is 0 Å². The molecule has 4 heteroatoms. The number of carbonyl (C=O) groups is 1. The van der Waals surface area contributed by atoms with Crippen molar-refractivity contribution < 1.29 is 9.53 Å². The lowest BCUT2D eigenvalue weighted by Crippen LogP contribution is -2.49. The quantitative estimate of drug-likeness (QED) is 0.904. The average Bonchev–Trinajstić information content (AvgIpc) is 2.66. The second-order valence-corrected chi connectivity index (χ2v) is 6.52. The summed E-state index contributed by atoms with van der Waals surface area (Å²) in [5.41, 5.74) is 2.56. The molecular weight excluding hydrogens is 312 g/mol. The van der Waals surface area contributed by atoms with Gasteiger partial charge in [0.2, 0.25) is 0 Å². The molecule has 1 saturated heterocycles. The maximum Gasteiger partial charge on any atom is 0.317 e. The molecule has 132 valence electrons. The first-order valence-corrected chi connectivity index (χ1v) is 8.98. The van der Waals surface area contributed by atoms with Gasteiger partial charge < -0.3 is 15.0 Å². The van der Waals surface area contributed by atoms with E-state index in [9.17, 15) is 4.79 Å². The summed E-state index contributed by atoms with van der Waals surface area (Å²) in [6, 6.07) is 21.0. The zero-order chi connectivity index (χ0) is 17.5. The number of urea groups is 1. The molecule has 1 N–H and O–H groups in total. The van der Waals surface area contributed by atoms with Crippen LogP contribution < -0.4 is 5.32 Å². The standard InChI is InChI=1S/C21H26N2O2/c1-17-16-23(14-15-25-17)21(24)22-13-12-20(18-8-4-2-5-9-18)19-10-6-3-7-11-19/h2-11,17,20H,12-16H2,1H3,(H,22,24)/t17-/m0/s1. The average molecular weight is 338 g/mol. The number of hydrogen-bond acceptors (Lipinski definition) is 2. The molecule has 1 atom stereocenters. The van der Waals surface area contributed by atoms with Crippen molar-refractivity contribution in [3.63, 3.8) is 0 Å². The van der Waals surface area contributed by atoms with Crippen molar-refractivity contribution in [3.8, 4) is 0 Å². The zero-order valence-electron chi connectivity index (χ0n) is 14.7. The van der Waals surface area contributed by atoms with E-state index in [1.165, 1.54) is 11.1 Å². The molecule has 3 rings (SSSR count). The van der Waals surface area contributed by atoms with Gasteiger partial charge in [-0.1, -0.05) is 60.7 Å². The molecule has 0 saturated carbocycles. The molecule has 0 unspecified atom stereocenters. The van der Waals surface area contributed by atoms with Gasteiger partial charge in [-0.2, -0.15) is 0 Å². The largest absolute Gasteiger partial charge is 0.375 e. The molecule has 0 bridgehead atoms. The number of hydrogen-bond donors (Lipinski definition) is 1. The van der Waals surface area contributed by atoms with E-state index >= 15 is 0 Å². The van der Waals surface area contributed by atoms with Crippen LogP contribution in [0.15, 0.2) is 60.7 Å². The van der Waals surface area contributed by atoms with Crippen LogP contribution >= 0.6 is 0 Å². The highest BCUT2D eigenvalue weighted by Crippen LogP contribution is 2.27. The normalized spacial score (nSPS) is 17.5. The van der Waals surface area contributed by atoms with Crippen LogP contribution in [0.4, 0.5) is 4.79 Å². The first-order valence-electron chi connectivity index (χ1n) is 8.98. The summed E-state index contributed by atoms with van der Waals surface area (Å²) in [5.74, 6) is 0.284. The molecule has 4 nitrogen and oxygen atoms in total. The van der Waals surface area contributed by atoms with E-state index in [1.54, 1.807) is 0 Å². The summed E-state index contributed by atoms with van der Waals surface area (Å²) in [4.78, 5) is 14.2. The smallest absolute Gasteiger partial charge is 0.317 e. The second-order valence-electron chi connectivity index (χ2n) is 6.52. The van der Waals surface area contributed by atoms with Gasteiger partial charge in [0.05, 0.1) is 12.7 Å². The molecular formula is C21H26N2O2. The second kappa shape index (κ2) is 8.67. The predicted molar refractivity (Wildman–Crippen MR) is 99.7 cm³/mol. The van der Waals surface area contributed by atoms with Crippen molar-refractivity contribution in [3.05, 3.63) is 71.8 Å². The van der Waals surface area contributed by atoms with Crippen LogP contribution in [0, 0.1) is 0 Å². The Hall–Kier alpha value is -2.33. The molecule has 0 spiro atoms. The molecule has 0 radical (unpaired) electrons. The minimum absolute atomic E-state index is 0.00928. The maximum atomic E-state index is 12.4. The molecule has 0 aromatic heterocycles. The van der Waals surface area contributed by atoms with Gasteiger partial charge in [-0.3, -0.25) is 0 Å². The third kappa shape index (κ3) is 4.83. The Morgan fingerprint density at radius 1 is 1.12 bits per heavy atom. The maximum absolute atomic E-state index is 12.4. The SMILES string of the molecule is C[C@H]1CN(C(=O)NCCC(c2ccccc2)c2ccccc2)CCO1. The van der Waals surface area contributed by atoms with Crippen LogP contribution in [0.3, 0.4) is 0 Å². The van der Waals surface area contributed by atoms with Gasteiger partial charge >= 0.3 is 6.03 Å². The van der Waals surface area contributed by atoms with Crippen LogP contribution in [0.2, 0.25) is 0 Å². The number of benzene rings is 2. The van der Waals surface area contributed by atoms with Crippen LogP contribution in [-0.2, 0) is 4.74 Å². The Labute approximate surface area is 149 Å². The molecule has 25 heavy (non-hydrogen) atoms. The lowest BCUT2D eigenvalue weighted by atomic mass is 9.88. The van der Waals surface area contributed by atoms with E-state index < -0.39 is 0 Å². The fourth-order valence-corrected chi connectivity index (χ4v) is 3.33. The van der Waals surface area contributed by atoms with Gasteiger partial charge in [-0.05, 0) is 24.5 Å². The van der Waals surface area contributed by atoms with E-state index in [4.69, 9.17) is 4.74 Å². The number of nitrogens with zero attached hydrogens (tertiary/aromatic N) is 1. The van der Waals surface area contributed by atoms with Gasteiger partial charge in [0.25, 0.3) is 0 Å². The lowest BCUT2D eigenvalue weighted by Gasteiger charge is -2.31. The number of nitrogens with one attached hydrogen (secondary N) is 1. The summed E-state index contributed by atoms with van der Waals surface area (Å²) in [6.07, 6.45) is 0.987. The van der Waals surface area contributed by atoms with Gasteiger partial charge in [-0.15, -0.1) is 0 Å². The van der Waals surface area contributed by atoms with E-state index in [1.807, 2.05) is 24.0 Å². The minimum Gasteiger partial charge on any atom is -0.375 e. The first-order chi connectivity index (χ1) is 12.2. The molecule has 2 aromatic rings. The van der Waals surface area contributed by atoms with Crippen molar-refractivity contribution in [1.82, 2.24) is 10.2 Å². The Morgan fingerprint density at radius 2 is 1.72 bits per heavy atom. The molecule has 2 amide bonds. The fourth-order valence-electron chi connectivity index (χ4n) is 3.33. The summed E-state index contributed by atoms with van der Waals surface area (Å²) >= 11 is 0. The summed E-state index contributed by atoms with van der Waals surface area (Å²) in [6.45, 7) is 4.59. The number of morpholine rings is 1. The monoisotopic (exact) mass is 338 g/mol. The van der Waals surface area contributed by atoms with Crippen molar-refractivity contribution in [1.29, 1.82) is 0 Å². The number of rotatable bonds is 5. The van der Waals surface area contributed by atoms with Gasteiger partial charge in [-0.25, -0.2) is 4.79 Å². The van der Waals surface area contributed by atoms with E-state index in [2.05, 4.69) is 53.8 Å². The number of amides is 2. The molecule has 0 aliphatic carbocycles. The Kier molecular flexibility index (Phi) is 6.07. The molecule has 1 heterocycles. The highest BCUT2D eigenvalue weighted by atomic mass is 16.5. The molecule has 1 fully saturated rings. The predicted octanol–water partition coefficient (Wildman–Crippen LogP) is 3.64. The zero-order valence-corrected chi connectivity index (χ0v) is 14.7. The van der Waals surface area contributed by atoms with E-state index in [0.717, 1.165) is 6.42 Å². The summed E-state index contributed by atoms with van der Waals surface area (Å²) < 4.78 is 5.49. The minimum atomic E-state index is 0.00928. The van der Waals surface area contributed by atoms with Gasteiger partial charge in [0, 0.05) is 25.6 Å². The lowest BCUT2D eigenvalue weighted by molar-refractivity contribution is -0.00345. The van der Waals surface area contributed by atoms with Crippen LogP contribution in [-0.4, -0.2) is 43.3 Å². The first kappa shape index (κ1) is 17.5. The molecule has 2 aromatic carbocycles.